The number of nitrogens with one attached hydrogen (secondary N) is 1. The van der Waals surface area contributed by atoms with Gasteiger partial charge in [-0.25, -0.2) is 0 Å². The van der Waals surface area contributed by atoms with Crippen LogP contribution < -0.4 is 10.0 Å². The Morgan fingerprint density at radius 1 is 1.29 bits per heavy atom. The Morgan fingerprint density at radius 2 is 1.94 bits per heavy atom. The lowest BCUT2D eigenvalue weighted by Crippen LogP contribution is -3.04. The van der Waals surface area contributed by atoms with Gasteiger partial charge >= 0.3 is 0 Å². The van der Waals surface area contributed by atoms with E-state index < -0.39 is 5.97 Å². The normalized spacial score (nSPS) is 17.4. The van der Waals surface area contributed by atoms with Gasteiger partial charge in [-0.15, -0.1) is 0 Å². The molecule has 0 spiro atoms. The maximum Gasteiger partial charge on any atom is 0.112 e. The lowest BCUT2D eigenvalue weighted by atomic mass is 10.2. The molecule has 0 saturated carbocycles. The van der Waals surface area contributed by atoms with Gasteiger partial charge in [0.2, 0.25) is 0 Å². The Balaban J connectivity index is 0.000000557. The molecule has 0 aromatic carbocycles. The Hall–Kier alpha value is -1.09. The second-order valence-corrected chi connectivity index (χ2v) is 4.23. The Labute approximate surface area is 105 Å². The molecule has 1 aliphatic heterocycles. The second kappa shape index (κ2) is 10.1. The first-order valence-corrected chi connectivity index (χ1v) is 6.52. The van der Waals surface area contributed by atoms with Crippen molar-refractivity contribution in [2.24, 2.45) is 0 Å². The largest absolute Gasteiger partial charge is 0.550 e. The van der Waals surface area contributed by atoms with Crippen molar-refractivity contribution < 1.29 is 14.8 Å². The predicted octanol–water partition coefficient (Wildman–Crippen LogP) is 1.03. The topological polar surface area (TPSA) is 44.6 Å². The molecule has 0 saturated heterocycles. The second-order valence-electron chi connectivity index (χ2n) is 4.23. The lowest BCUT2D eigenvalue weighted by Gasteiger charge is -2.12. The molecule has 0 radical (unpaired) electrons. The molecule has 0 fully saturated rings. The first-order chi connectivity index (χ1) is 8.11. The predicted molar refractivity (Wildman–Crippen MR) is 68.2 cm³/mol. The summed E-state index contributed by atoms with van der Waals surface area (Å²) in [5, 5.41) is 8.89. The van der Waals surface area contributed by atoms with Crippen molar-refractivity contribution in [3.8, 4) is 0 Å². The highest BCUT2D eigenvalue weighted by Gasteiger charge is 2.13. The summed E-state index contributed by atoms with van der Waals surface area (Å²) in [7, 11) is 0. The van der Waals surface area contributed by atoms with Crippen LogP contribution in [0, 0.1) is 0 Å². The molecule has 0 aliphatic carbocycles. The number of quaternary nitrogens is 1. The van der Waals surface area contributed by atoms with Crippen LogP contribution in [0.5, 0.6) is 0 Å². The molecule has 0 aromatic rings. The number of allylic oxidation sites excluding steroid dienone is 3. The van der Waals surface area contributed by atoms with Crippen LogP contribution in [0.25, 0.3) is 0 Å². The van der Waals surface area contributed by atoms with Gasteiger partial charge in [-0.2, -0.15) is 0 Å². The van der Waals surface area contributed by atoms with Crippen LogP contribution in [-0.2, 0) is 4.79 Å². The van der Waals surface area contributed by atoms with Gasteiger partial charge in [0.1, 0.15) is 5.70 Å². The smallest absolute Gasteiger partial charge is 0.112 e. The van der Waals surface area contributed by atoms with Crippen molar-refractivity contribution in [1.82, 2.24) is 0 Å². The van der Waals surface area contributed by atoms with E-state index in [0.717, 1.165) is 6.92 Å². The summed E-state index contributed by atoms with van der Waals surface area (Å²) in [5.41, 5.74) is 1.55. The fraction of sp³-hybridized carbons (Fsp3) is 0.643. The Morgan fingerprint density at radius 3 is 2.47 bits per heavy atom. The summed E-state index contributed by atoms with van der Waals surface area (Å²) < 4.78 is 0. The van der Waals surface area contributed by atoms with Crippen molar-refractivity contribution in [3.05, 3.63) is 24.0 Å². The third kappa shape index (κ3) is 8.69. The van der Waals surface area contributed by atoms with Crippen LogP contribution in [0.3, 0.4) is 0 Å². The zero-order valence-electron chi connectivity index (χ0n) is 11.3. The van der Waals surface area contributed by atoms with Crippen molar-refractivity contribution in [3.63, 3.8) is 0 Å². The van der Waals surface area contributed by atoms with Gasteiger partial charge in [-0.05, 0) is 25.8 Å². The van der Waals surface area contributed by atoms with E-state index in [1.165, 1.54) is 38.6 Å². The van der Waals surface area contributed by atoms with Gasteiger partial charge < -0.3 is 9.90 Å². The van der Waals surface area contributed by atoms with E-state index in [0.29, 0.717) is 0 Å². The number of rotatable bonds is 6. The Bertz CT molecular complexity index is 265. The fourth-order valence-electron chi connectivity index (χ4n) is 1.83. The minimum atomic E-state index is -1.08. The summed E-state index contributed by atoms with van der Waals surface area (Å²) in [6.07, 6.45) is 13.4. The molecule has 1 aliphatic rings. The number of aliphatic carboxylic acids is 1. The van der Waals surface area contributed by atoms with E-state index >= 15 is 0 Å². The molecule has 0 amide bonds. The zero-order chi connectivity index (χ0) is 13.1. The standard InChI is InChI=1S/C12H21N.C2H4O2/c1-3-5-6-7-10-13-11-8-9-12(13)4-2;1-2(3)4/h8-9,11H,3-7,10H2,1-2H3;1H3,(H,3,4). The molecule has 1 N–H and O–H groups in total. The quantitative estimate of drug-likeness (QED) is 0.704. The number of carboxylic acids is 1. The van der Waals surface area contributed by atoms with Gasteiger partial charge in [0.05, 0.1) is 12.7 Å². The van der Waals surface area contributed by atoms with Crippen LogP contribution >= 0.6 is 0 Å². The van der Waals surface area contributed by atoms with Crippen molar-refractivity contribution in [2.45, 2.75) is 52.9 Å². The van der Waals surface area contributed by atoms with Gasteiger partial charge in [0.15, 0.2) is 0 Å². The van der Waals surface area contributed by atoms with Gasteiger partial charge in [-0.1, -0.05) is 26.7 Å². The minimum absolute atomic E-state index is 0.972. The summed E-state index contributed by atoms with van der Waals surface area (Å²) >= 11 is 0. The highest BCUT2D eigenvalue weighted by Crippen LogP contribution is 2.00. The highest BCUT2D eigenvalue weighted by molar-refractivity contribution is 5.60. The lowest BCUT2D eigenvalue weighted by molar-refractivity contribution is -0.804. The monoisotopic (exact) mass is 239 g/mol. The SMILES string of the molecule is CC(=O)[O-].CCCCCC[NH+]1C=CC=C1CC. The molecule has 17 heavy (non-hydrogen) atoms. The zero-order valence-corrected chi connectivity index (χ0v) is 11.3. The van der Waals surface area contributed by atoms with Crippen LogP contribution in [0.4, 0.5) is 0 Å². The molecule has 0 bridgehead atoms. The number of carboxylic acid groups (broad SMARTS) is 1. The summed E-state index contributed by atoms with van der Waals surface area (Å²) in [5.74, 6) is -1.08. The minimum Gasteiger partial charge on any atom is -0.550 e. The van der Waals surface area contributed by atoms with E-state index in [1.807, 2.05) is 0 Å². The van der Waals surface area contributed by atoms with Crippen LogP contribution in [0.15, 0.2) is 24.0 Å². The molecular formula is C14H25NO2. The Kier molecular flexibility index (Phi) is 9.44. The highest BCUT2D eigenvalue weighted by atomic mass is 16.4. The number of hydrogen-bond donors (Lipinski definition) is 1. The molecule has 1 heterocycles. The van der Waals surface area contributed by atoms with Crippen LogP contribution in [0.1, 0.15) is 52.9 Å². The number of carbonyl (C=O) groups excluding carboxylic acids is 1. The van der Waals surface area contributed by atoms with E-state index in [4.69, 9.17) is 9.90 Å². The van der Waals surface area contributed by atoms with E-state index in [9.17, 15) is 0 Å². The van der Waals surface area contributed by atoms with Gasteiger partial charge in [0.25, 0.3) is 0 Å². The first-order valence-electron chi connectivity index (χ1n) is 6.52. The third-order valence-corrected chi connectivity index (χ3v) is 2.69. The maximum atomic E-state index is 8.89. The number of unbranched alkanes of at least 4 members (excludes halogenated alkanes) is 3. The first kappa shape index (κ1) is 15.9. The molecule has 98 valence electrons. The molecule has 3 nitrogen and oxygen atoms in total. The average molecular weight is 239 g/mol. The van der Waals surface area contributed by atoms with Crippen LogP contribution in [-0.4, -0.2) is 12.5 Å². The third-order valence-electron chi connectivity index (χ3n) is 2.69. The summed E-state index contributed by atoms with van der Waals surface area (Å²) in [6, 6.07) is 0. The van der Waals surface area contributed by atoms with E-state index in [-0.39, 0.29) is 0 Å². The van der Waals surface area contributed by atoms with Crippen molar-refractivity contribution in [1.29, 1.82) is 0 Å². The van der Waals surface area contributed by atoms with E-state index in [1.54, 1.807) is 10.6 Å². The van der Waals surface area contributed by atoms with E-state index in [2.05, 4.69) is 32.2 Å². The van der Waals surface area contributed by atoms with Crippen molar-refractivity contribution >= 4 is 5.97 Å². The number of hydrogen-bond acceptors (Lipinski definition) is 2. The molecular weight excluding hydrogens is 214 g/mol. The molecule has 1 atom stereocenters. The average Bonchev–Trinajstić information content (AvgIpc) is 2.71. The molecule has 3 heteroatoms. The van der Waals surface area contributed by atoms with Gasteiger partial charge in [0, 0.05) is 18.5 Å². The maximum absolute atomic E-state index is 8.89. The molecule has 0 aromatic heterocycles. The molecule has 1 unspecified atom stereocenters. The van der Waals surface area contributed by atoms with Gasteiger partial charge in [-0.3, -0.25) is 4.90 Å². The molecule has 1 rings (SSSR count). The summed E-state index contributed by atoms with van der Waals surface area (Å²) in [6.45, 7) is 6.76. The number of carbonyl (C=O) groups is 1. The van der Waals surface area contributed by atoms with Crippen molar-refractivity contribution in [2.75, 3.05) is 6.54 Å². The fourth-order valence-corrected chi connectivity index (χ4v) is 1.83. The summed E-state index contributed by atoms with van der Waals surface area (Å²) in [4.78, 5) is 10.5. The van der Waals surface area contributed by atoms with Crippen LogP contribution in [0.2, 0.25) is 0 Å².